The minimum atomic E-state index is -0.740. The van der Waals surface area contributed by atoms with Crippen molar-refractivity contribution in [2.45, 2.75) is 33.3 Å². The molecule has 0 aromatic carbocycles. The minimum Gasteiger partial charge on any atom is -0.464 e. The van der Waals surface area contributed by atoms with E-state index in [-0.39, 0.29) is 17.0 Å². The highest BCUT2D eigenvalue weighted by molar-refractivity contribution is 5.99. The van der Waals surface area contributed by atoms with E-state index in [1.165, 1.54) is 19.2 Å². The Hall–Kier alpha value is -2.44. The van der Waals surface area contributed by atoms with Gasteiger partial charge in [0, 0.05) is 6.54 Å². The van der Waals surface area contributed by atoms with Crippen LogP contribution in [0.1, 0.15) is 59.0 Å². The molecule has 0 atom stereocenters. The fraction of sp³-hybridized carbons (Fsp3) is 0.467. The number of hydrogen-bond donors (Lipinski definition) is 1. The summed E-state index contributed by atoms with van der Waals surface area (Å²) in [5.74, 6) is -1.88. The lowest BCUT2D eigenvalue weighted by molar-refractivity contribution is 0.00693. The maximum Gasteiger partial charge on any atom is 0.356 e. The fourth-order valence-electron chi connectivity index (χ4n) is 1.56. The van der Waals surface area contributed by atoms with E-state index in [0.29, 0.717) is 6.54 Å². The zero-order valence-corrected chi connectivity index (χ0v) is 13.4. The largest absolute Gasteiger partial charge is 0.464 e. The fourth-order valence-corrected chi connectivity index (χ4v) is 1.56. The van der Waals surface area contributed by atoms with Gasteiger partial charge in [-0.05, 0) is 39.8 Å². The molecular formula is C15H20N2O5. The summed E-state index contributed by atoms with van der Waals surface area (Å²) in [6.07, 6.45) is 0. The number of esters is 2. The molecule has 0 aliphatic rings. The number of rotatable bonds is 4. The van der Waals surface area contributed by atoms with Crippen molar-refractivity contribution in [2.24, 2.45) is 0 Å². The van der Waals surface area contributed by atoms with Gasteiger partial charge in [0.05, 0.1) is 12.7 Å². The number of carbonyl (C=O) groups excluding carboxylic acids is 3. The first-order chi connectivity index (χ1) is 10.2. The number of nitrogens with one attached hydrogen (secondary N) is 1. The van der Waals surface area contributed by atoms with E-state index in [0.717, 1.165) is 0 Å². The first-order valence-corrected chi connectivity index (χ1v) is 6.80. The standard InChI is InChI=1S/C15H20N2O5/c1-6-16-12(18)10-7-9(13(19)22-15(2,3)4)8-11(17-10)14(20)21-5/h7-8H,6H2,1-5H3,(H,16,18). The third kappa shape index (κ3) is 4.83. The van der Waals surface area contributed by atoms with Crippen molar-refractivity contribution in [3.8, 4) is 0 Å². The van der Waals surface area contributed by atoms with Crippen LogP contribution in [0.25, 0.3) is 0 Å². The Kier molecular flexibility index (Phi) is 5.62. The molecule has 0 spiro atoms. The SMILES string of the molecule is CCNC(=O)c1cc(C(=O)OC(C)(C)C)cc(C(=O)OC)n1. The van der Waals surface area contributed by atoms with Gasteiger partial charge in [-0.15, -0.1) is 0 Å². The average Bonchev–Trinajstić information content (AvgIpc) is 2.44. The highest BCUT2D eigenvalue weighted by atomic mass is 16.6. The average molecular weight is 308 g/mol. The number of aromatic nitrogens is 1. The number of pyridine rings is 1. The van der Waals surface area contributed by atoms with E-state index in [1.54, 1.807) is 27.7 Å². The zero-order valence-electron chi connectivity index (χ0n) is 13.4. The molecule has 0 radical (unpaired) electrons. The summed E-state index contributed by atoms with van der Waals surface area (Å²) in [6.45, 7) is 7.30. The quantitative estimate of drug-likeness (QED) is 0.848. The van der Waals surface area contributed by atoms with Crippen LogP contribution in [0.15, 0.2) is 12.1 Å². The van der Waals surface area contributed by atoms with E-state index in [4.69, 9.17) is 4.74 Å². The van der Waals surface area contributed by atoms with E-state index in [2.05, 4.69) is 15.0 Å². The van der Waals surface area contributed by atoms with Gasteiger partial charge in [0.15, 0.2) is 0 Å². The Balaban J connectivity index is 3.26. The predicted molar refractivity (Wildman–Crippen MR) is 78.8 cm³/mol. The number of hydrogen-bond acceptors (Lipinski definition) is 6. The van der Waals surface area contributed by atoms with E-state index >= 15 is 0 Å². The van der Waals surface area contributed by atoms with Gasteiger partial charge in [-0.2, -0.15) is 0 Å². The Morgan fingerprint density at radius 2 is 1.73 bits per heavy atom. The van der Waals surface area contributed by atoms with Gasteiger partial charge in [0.1, 0.15) is 17.0 Å². The van der Waals surface area contributed by atoms with Crippen LogP contribution in [0.2, 0.25) is 0 Å². The summed E-state index contributed by atoms with van der Waals surface area (Å²) in [4.78, 5) is 39.6. The van der Waals surface area contributed by atoms with Crippen LogP contribution in [-0.2, 0) is 9.47 Å². The van der Waals surface area contributed by atoms with Gasteiger partial charge >= 0.3 is 11.9 Å². The van der Waals surface area contributed by atoms with Gasteiger partial charge in [0.2, 0.25) is 0 Å². The molecule has 1 aromatic rings. The lowest BCUT2D eigenvalue weighted by Gasteiger charge is -2.19. The Bertz CT molecular complexity index is 590. The molecule has 1 rings (SSSR count). The predicted octanol–water partition coefficient (Wildman–Crippen LogP) is 1.57. The van der Waals surface area contributed by atoms with Crippen LogP contribution in [0, 0.1) is 0 Å². The van der Waals surface area contributed by atoms with Crippen molar-refractivity contribution in [3.05, 3.63) is 29.1 Å². The molecular weight excluding hydrogens is 288 g/mol. The van der Waals surface area contributed by atoms with Gasteiger partial charge < -0.3 is 14.8 Å². The van der Waals surface area contributed by atoms with Crippen molar-refractivity contribution < 1.29 is 23.9 Å². The van der Waals surface area contributed by atoms with Crippen molar-refractivity contribution >= 4 is 17.8 Å². The number of ether oxygens (including phenoxy) is 2. The minimum absolute atomic E-state index is 0.0504. The maximum atomic E-state index is 12.1. The summed E-state index contributed by atoms with van der Waals surface area (Å²) in [5, 5.41) is 2.55. The number of amides is 1. The molecule has 0 unspecified atom stereocenters. The smallest absolute Gasteiger partial charge is 0.356 e. The molecule has 7 nitrogen and oxygen atoms in total. The van der Waals surface area contributed by atoms with Crippen LogP contribution in [0.4, 0.5) is 0 Å². The third-order valence-corrected chi connectivity index (χ3v) is 2.42. The van der Waals surface area contributed by atoms with Crippen molar-refractivity contribution in [3.63, 3.8) is 0 Å². The lowest BCUT2D eigenvalue weighted by atomic mass is 10.1. The maximum absolute atomic E-state index is 12.1. The van der Waals surface area contributed by atoms with Gasteiger partial charge in [-0.3, -0.25) is 4.79 Å². The summed E-state index contributed by atoms with van der Waals surface area (Å²) in [5.41, 5.74) is -0.818. The molecule has 1 N–H and O–H groups in total. The van der Waals surface area contributed by atoms with Gasteiger partial charge in [-0.1, -0.05) is 0 Å². The molecule has 0 saturated carbocycles. The molecule has 0 fully saturated rings. The molecule has 0 saturated heterocycles. The molecule has 1 heterocycles. The van der Waals surface area contributed by atoms with Crippen molar-refractivity contribution in [1.29, 1.82) is 0 Å². The van der Waals surface area contributed by atoms with Crippen LogP contribution in [0.5, 0.6) is 0 Å². The van der Waals surface area contributed by atoms with E-state index in [9.17, 15) is 14.4 Å². The lowest BCUT2D eigenvalue weighted by Crippen LogP contribution is -2.27. The summed E-state index contributed by atoms with van der Waals surface area (Å²) >= 11 is 0. The van der Waals surface area contributed by atoms with Gasteiger partial charge in [-0.25, -0.2) is 14.6 Å². The van der Waals surface area contributed by atoms with Crippen LogP contribution in [0.3, 0.4) is 0 Å². The molecule has 22 heavy (non-hydrogen) atoms. The second kappa shape index (κ2) is 7.02. The Labute approximate surface area is 129 Å². The monoisotopic (exact) mass is 308 g/mol. The summed E-state index contributed by atoms with van der Waals surface area (Å²) in [6, 6.07) is 2.52. The summed E-state index contributed by atoms with van der Waals surface area (Å²) < 4.78 is 9.82. The molecule has 1 amide bonds. The van der Waals surface area contributed by atoms with E-state index in [1.807, 2.05) is 0 Å². The number of carbonyl (C=O) groups is 3. The van der Waals surface area contributed by atoms with E-state index < -0.39 is 23.4 Å². The first-order valence-electron chi connectivity index (χ1n) is 6.80. The molecule has 0 aliphatic carbocycles. The van der Waals surface area contributed by atoms with Crippen molar-refractivity contribution in [1.82, 2.24) is 10.3 Å². The second-order valence-electron chi connectivity index (χ2n) is 5.48. The Morgan fingerprint density at radius 3 is 2.23 bits per heavy atom. The van der Waals surface area contributed by atoms with Crippen LogP contribution in [-0.4, -0.2) is 42.1 Å². The third-order valence-electron chi connectivity index (χ3n) is 2.42. The molecule has 1 aromatic heterocycles. The second-order valence-corrected chi connectivity index (χ2v) is 5.48. The molecule has 0 aliphatic heterocycles. The molecule has 7 heteroatoms. The summed E-state index contributed by atoms with van der Waals surface area (Å²) in [7, 11) is 1.19. The van der Waals surface area contributed by atoms with Gasteiger partial charge in [0.25, 0.3) is 5.91 Å². The molecule has 120 valence electrons. The first kappa shape index (κ1) is 17.6. The van der Waals surface area contributed by atoms with Crippen LogP contribution < -0.4 is 5.32 Å². The number of methoxy groups -OCH3 is 1. The normalized spacial score (nSPS) is 10.8. The Morgan fingerprint density at radius 1 is 1.14 bits per heavy atom. The topological polar surface area (TPSA) is 94.6 Å². The highest BCUT2D eigenvalue weighted by Crippen LogP contribution is 2.14. The van der Waals surface area contributed by atoms with Crippen LogP contribution >= 0.6 is 0 Å². The zero-order chi connectivity index (χ0) is 16.9. The molecule has 0 bridgehead atoms. The number of nitrogens with zero attached hydrogens (tertiary/aromatic N) is 1. The highest BCUT2D eigenvalue weighted by Gasteiger charge is 2.22. The van der Waals surface area contributed by atoms with Crippen molar-refractivity contribution in [2.75, 3.05) is 13.7 Å².